The normalized spacial score (nSPS) is 25.6. The maximum absolute atomic E-state index is 6.12. The van der Waals surface area contributed by atoms with Gasteiger partial charge in [0.25, 0.3) is 0 Å². The van der Waals surface area contributed by atoms with Crippen molar-refractivity contribution in [3.05, 3.63) is 5.82 Å². The highest BCUT2D eigenvalue weighted by Gasteiger charge is 2.27. The molecule has 0 bridgehead atoms. The van der Waals surface area contributed by atoms with Crippen molar-refractivity contribution in [2.45, 2.75) is 45.6 Å². The van der Waals surface area contributed by atoms with Gasteiger partial charge >= 0.3 is 0 Å². The fourth-order valence-corrected chi connectivity index (χ4v) is 3.09. The Morgan fingerprint density at radius 1 is 1.53 bits per heavy atom. The van der Waals surface area contributed by atoms with Gasteiger partial charge in [0.05, 0.1) is 0 Å². The first-order valence-corrected chi connectivity index (χ1v) is 7.23. The monoisotopic (exact) mass is 254 g/mol. The molecular weight excluding hydrogens is 232 g/mol. The smallest absolute Gasteiger partial charge is 0.205 e. The van der Waals surface area contributed by atoms with Crippen LogP contribution in [0.5, 0.6) is 0 Å². The Morgan fingerprint density at radius 2 is 2.29 bits per heavy atom. The van der Waals surface area contributed by atoms with E-state index < -0.39 is 0 Å². The highest BCUT2D eigenvalue weighted by Crippen LogP contribution is 2.27. The van der Waals surface area contributed by atoms with Gasteiger partial charge in [-0.2, -0.15) is 4.37 Å². The molecule has 0 amide bonds. The molecule has 0 radical (unpaired) electrons. The number of hydrogen-bond acceptors (Lipinski definition) is 5. The van der Waals surface area contributed by atoms with Crippen LogP contribution in [0.3, 0.4) is 0 Å². The van der Waals surface area contributed by atoms with Crippen molar-refractivity contribution >= 4 is 16.7 Å². The minimum Gasteiger partial charge on any atom is -0.346 e. The zero-order chi connectivity index (χ0) is 12.4. The molecule has 2 heterocycles. The van der Waals surface area contributed by atoms with Gasteiger partial charge in [-0.25, -0.2) is 4.98 Å². The Balaban J connectivity index is 2.06. The van der Waals surface area contributed by atoms with E-state index in [0.717, 1.165) is 36.9 Å². The molecule has 0 spiro atoms. The number of nitrogens with two attached hydrogens (primary N) is 1. The molecule has 17 heavy (non-hydrogen) atoms. The molecule has 2 rings (SSSR count). The predicted molar refractivity (Wildman–Crippen MR) is 72.6 cm³/mol. The summed E-state index contributed by atoms with van der Waals surface area (Å²) in [6, 6.07) is 0.355. The van der Waals surface area contributed by atoms with Crippen molar-refractivity contribution < 1.29 is 0 Å². The Labute approximate surface area is 107 Å². The van der Waals surface area contributed by atoms with Crippen molar-refractivity contribution in [3.8, 4) is 0 Å². The number of hydrogen-bond donors (Lipinski definition) is 1. The molecule has 5 heteroatoms. The summed E-state index contributed by atoms with van der Waals surface area (Å²) in [7, 11) is 0. The second-order valence-electron chi connectivity index (χ2n) is 5.16. The highest BCUT2D eigenvalue weighted by molar-refractivity contribution is 7.09. The zero-order valence-electron chi connectivity index (χ0n) is 10.9. The molecule has 0 aromatic carbocycles. The number of nitrogens with zero attached hydrogens (tertiary/aromatic N) is 3. The molecule has 2 atom stereocenters. The van der Waals surface area contributed by atoms with E-state index in [1.807, 2.05) is 0 Å². The molecule has 2 unspecified atom stereocenters. The molecule has 1 saturated heterocycles. The third kappa shape index (κ3) is 2.77. The summed E-state index contributed by atoms with van der Waals surface area (Å²) in [5.41, 5.74) is 6.12. The quantitative estimate of drug-likeness (QED) is 0.898. The van der Waals surface area contributed by atoms with Crippen LogP contribution in [0.4, 0.5) is 5.13 Å². The standard InChI is InChI=1S/C12H22N4S/c1-4-9-7-16(6-5-10(9)13)12-14-11(8(2)3)15-17-12/h8-10H,4-7,13H2,1-3H3. The molecule has 1 aromatic rings. The number of piperidine rings is 1. The third-order valence-electron chi connectivity index (χ3n) is 3.54. The van der Waals surface area contributed by atoms with Crippen LogP contribution in [0.1, 0.15) is 45.4 Å². The van der Waals surface area contributed by atoms with Gasteiger partial charge in [0.15, 0.2) is 0 Å². The lowest BCUT2D eigenvalue weighted by molar-refractivity contribution is 0.348. The number of aromatic nitrogens is 2. The molecule has 1 aliphatic heterocycles. The first kappa shape index (κ1) is 12.8. The fourth-order valence-electron chi connectivity index (χ4n) is 2.25. The van der Waals surface area contributed by atoms with Crippen molar-refractivity contribution in [1.29, 1.82) is 0 Å². The largest absolute Gasteiger partial charge is 0.346 e. The van der Waals surface area contributed by atoms with Gasteiger partial charge in [-0.1, -0.05) is 27.2 Å². The van der Waals surface area contributed by atoms with Crippen LogP contribution < -0.4 is 10.6 Å². The van der Waals surface area contributed by atoms with Crippen LogP contribution in [0.15, 0.2) is 0 Å². The van der Waals surface area contributed by atoms with Gasteiger partial charge in [-0.05, 0) is 12.3 Å². The maximum atomic E-state index is 6.12. The van der Waals surface area contributed by atoms with Gasteiger partial charge in [-0.3, -0.25) is 0 Å². The van der Waals surface area contributed by atoms with E-state index in [1.165, 1.54) is 11.5 Å². The zero-order valence-corrected chi connectivity index (χ0v) is 11.7. The summed E-state index contributed by atoms with van der Waals surface area (Å²) in [5.74, 6) is 1.97. The van der Waals surface area contributed by atoms with Gasteiger partial charge in [0, 0.05) is 36.6 Å². The summed E-state index contributed by atoms with van der Waals surface area (Å²) in [5, 5.41) is 1.07. The topological polar surface area (TPSA) is 55.0 Å². The van der Waals surface area contributed by atoms with Crippen LogP contribution in [0.25, 0.3) is 0 Å². The molecule has 96 valence electrons. The average molecular weight is 254 g/mol. The van der Waals surface area contributed by atoms with Gasteiger partial charge in [-0.15, -0.1) is 0 Å². The molecule has 0 aliphatic carbocycles. The van der Waals surface area contributed by atoms with Crippen molar-refractivity contribution in [2.75, 3.05) is 18.0 Å². The third-order valence-corrected chi connectivity index (χ3v) is 4.33. The lowest BCUT2D eigenvalue weighted by Gasteiger charge is -2.36. The molecule has 1 aromatic heterocycles. The molecular formula is C12H22N4S. The predicted octanol–water partition coefficient (Wildman–Crippen LogP) is 2.23. The van der Waals surface area contributed by atoms with Crippen LogP contribution in [0.2, 0.25) is 0 Å². The van der Waals surface area contributed by atoms with Crippen molar-refractivity contribution in [2.24, 2.45) is 11.7 Å². The Hall–Kier alpha value is -0.680. The summed E-state index contributed by atoms with van der Waals surface area (Å²) in [6.07, 6.45) is 2.21. The maximum Gasteiger partial charge on any atom is 0.205 e. The molecule has 1 aliphatic rings. The minimum absolute atomic E-state index is 0.355. The van der Waals surface area contributed by atoms with Crippen molar-refractivity contribution in [1.82, 2.24) is 9.36 Å². The van der Waals surface area contributed by atoms with Crippen molar-refractivity contribution in [3.63, 3.8) is 0 Å². The highest BCUT2D eigenvalue weighted by atomic mass is 32.1. The van der Waals surface area contributed by atoms with Gasteiger partial charge in [0.1, 0.15) is 5.82 Å². The van der Waals surface area contributed by atoms with E-state index >= 15 is 0 Å². The van der Waals surface area contributed by atoms with E-state index in [4.69, 9.17) is 5.73 Å². The average Bonchev–Trinajstić information content (AvgIpc) is 2.79. The fraction of sp³-hybridized carbons (Fsp3) is 0.833. The van der Waals surface area contributed by atoms with E-state index in [-0.39, 0.29) is 0 Å². The Bertz CT molecular complexity index is 363. The van der Waals surface area contributed by atoms with Crippen LogP contribution in [-0.2, 0) is 0 Å². The van der Waals surface area contributed by atoms with E-state index in [1.54, 1.807) is 0 Å². The molecule has 0 saturated carbocycles. The van der Waals surface area contributed by atoms with Gasteiger partial charge in [0.2, 0.25) is 5.13 Å². The summed E-state index contributed by atoms with van der Waals surface area (Å²) in [6.45, 7) is 8.53. The van der Waals surface area contributed by atoms with E-state index in [9.17, 15) is 0 Å². The Kier molecular flexibility index (Phi) is 3.99. The molecule has 4 nitrogen and oxygen atoms in total. The molecule has 2 N–H and O–H groups in total. The summed E-state index contributed by atoms with van der Waals surface area (Å²) >= 11 is 1.52. The Morgan fingerprint density at radius 3 is 2.88 bits per heavy atom. The first-order valence-electron chi connectivity index (χ1n) is 6.46. The van der Waals surface area contributed by atoms with Crippen LogP contribution in [0, 0.1) is 5.92 Å². The first-order chi connectivity index (χ1) is 8.11. The molecule has 1 fully saturated rings. The lowest BCUT2D eigenvalue weighted by atomic mass is 9.91. The van der Waals surface area contributed by atoms with Crippen LogP contribution >= 0.6 is 11.5 Å². The van der Waals surface area contributed by atoms with E-state index in [0.29, 0.717) is 17.9 Å². The lowest BCUT2D eigenvalue weighted by Crippen LogP contribution is -2.46. The second kappa shape index (κ2) is 5.31. The number of rotatable bonds is 3. The number of anilines is 1. The SMILES string of the molecule is CCC1CN(c2nc(C(C)C)ns2)CCC1N. The summed E-state index contributed by atoms with van der Waals surface area (Å²) < 4.78 is 4.42. The van der Waals surface area contributed by atoms with E-state index in [2.05, 4.69) is 35.0 Å². The minimum atomic E-state index is 0.355. The van der Waals surface area contributed by atoms with Crippen LogP contribution in [-0.4, -0.2) is 28.5 Å². The second-order valence-corrected chi connectivity index (χ2v) is 5.89. The van der Waals surface area contributed by atoms with Gasteiger partial charge < -0.3 is 10.6 Å². The summed E-state index contributed by atoms with van der Waals surface area (Å²) in [4.78, 5) is 6.97.